The number of nitrogens with zero attached hydrogens (tertiary/aromatic N) is 2. The summed E-state index contributed by atoms with van der Waals surface area (Å²) >= 11 is 0. The molecule has 0 bridgehead atoms. The summed E-state index contributed by atoms with van der Waals surface area (Å²) in [6.45, 7) is 5.75. The normalized spacial score (nSPS) is 23.4. The fourth-order valence-electron chi connectivity index (χ4n) is 1.84. The quantitative estimate of drug-likeness (QED) is 0.714. The van der Waals surface area contributed by atoms with Crippen molar-refractivity contribution < 1.29 is 14.7 Å². The fraction of sp³-hybridized carbons (Fsp3) is 0.455. The lowest BCUT2D eigenvalue weighted by Gasteiger charge is -2.28. The number of carboxylic acid groups (broad SMARTS) is 1. The first-order valence-corrected chi connectivity index (χ1v) is 5.23. The summed E-state index contributed by atoms with van der Waals surface area (Å²) in [4.78, 5) is 22.6. The minimum Gasteiger partial charge on any atom is -0.479 e. The molecule has 0 aromatic carbocycles. The van der Waals surface area contributed by atoms with Crippen LogP contribution in [0.2, 0.25) is 0 Å². The van der Waals surface area contributed by atoms with Crippen LogP contribution in [0.15, 0.2) is 33.3 Å². The molecule has 2 heterocycles. The highest BCUT2D eigenvalue weighted by Crippen LogP contribution is 2.37. The van der Waals surface area contributed by atoms with Gasteiger partial charge in [-0.05, 0) is 17.1 Å². The van der Waals surface area contributed by atoms with E-state index in [1.807, 2.05) is 20.8 Å². The van der Waals surface area contributed by atoms with Gasteiger partial charge in [0.05, 0.1) is 5.57 Å². The summed E-state index contributed by atoms with van der Waals surface area (Å²) in [5.41, 5.74) is 0.727. The highest BCUT2D eigenvalue weighted by Gasteiger charge is 2.37. The molecule has 1 atom stereocenters. The summed E-state index contributed by atoms with van der Waals surface area (Å²) in [5, 5.41) is 18.8. The van der Waals surface area contributed by atoms with E-state index < -0.39 is 17.9 Å². The fourth-order valence-corrected chi connectivity index (χ4v) is 1.84. The minimum absolute atomic E-state index is 0.259. The van der Waals surface area contributed by atoms with Crippen molar-refractivity contribution in [2.45, 2.75) is 26.8 Å². The molecule has 6 heteroatoms. The summed E-state index contributed by atoms with van der Waals surface area (Å²) in [7, 11) is 0. The van der Waals surface area contributed by atoms with Crippen molar-refractivity contribution in [2.24, 2.45) is 15.6 Å². The van der Waals surface area contributed by atoms with E-state index in [1.54, 1.807) is 6.08 Å². The standard InChI is InChI=1S/C11H13N3O3/c1-11(2,3)5-4-6(10(16)17)12-8-7(5)9(15)14-13-8/h4,6,12H,1-3H3,(H,16,17). The van der Waals surface area contributed by atoms with Crippen LogP contribution in [0.1, 0.15) is 20.8 Å². The SMILES string of the molecule is CC(C)(C)C1=CC(C(=O)O)NC2=C1C(=O)N=N2. The van der Waals surface area contributed by atoms with Gasteiger partial charge in [0.2, 0.25) is 0 Å². The van der Waals surface area contributed by atoms with E-state index in [2.05, 4.69) is 15.5 Å². The maximum absolute atomic E-state index is 11.6. The number of azo groups is 1. The number of carbonyl (C=O) groups is 2. The van der Waals surface area contributed by atoms with Crippen molar-refractivity contribution in [1.82, 2.24) is 5.32 Å². The second-order valence-corrected chi connectivity index (χ2v) is 5.02. The van der Waals surface area contributed by atoms with Crippen LogP contribution in [-0.2, 0) is 9.59 Å². The van der Waals surface area contributed by atoms with Gasteiger partial charge in [-0.3, -0.25) is 4.79 Å². The molecular formula is C11H13N3O3. The van der Waals surface area contributed by atoms with Gasteiger partial charge >= 0.3 is 5.97 Å². The molecule has 0 aromatic heterocycles. The number of amides is 1. The van der Waals surface area contributed by atoms with Gasteiger partial charge in [-0.15, -0.1) is 10.2 Å². The number of carbonyl (C=O) groups excluding carboxylic acids is 1. The van der Waals surface area contributed by atoms with E-state index >= 15 is 0 Å². The van der Waals surface area contributed by atoms with Crippen molar-refractivity contribution in [1.29, 1.82) is 0 Å². The average molecular weight is 235 g/mol. The van der Waals surface area contributed by atoms with Crippen LogP contribution in [0.5, 0.6) is 0 Å². The van der Waals surface area contributed by atoms with Crippen LogP contribution in [-0.4, -0.2) is 23.0 Å². The Morgan fingerprint density at radius 3 is 2.59 bits per heavy atom. The number of hydrogen-bond acceptors (Lipinski definition) is 4. The first-order chi connectivity index (χ1) is 7.80. The predicted octanol–water partition coefficient (Wildman–Crippen LogP) is 1.22. The predicted molar refractivity (Wildman–Crippen MR) is 59.0 cm³/mol. The van der Waals surface area contributed by atoms with Gasteiger partial charge in [-0.25, -0.2) is 4.79 Å². The lowest BCUT2D eigenvalue weighted by atomic mass is 9.79. The lowest BCUT2D eigenvalue weighted by molar-refractivity contribution is -0.138. The zero-order valence-corrected chi connectivity index (χ0v) is 9.81. The molecule has 17 heavy (non-hydrogen) atoms. The first kappa shape index (κ1) is 11.5. The van der Waals surface area contributed by atoms with Gasteiger partial charge in [0, 0.05) is 0 Å². The Morgan fingerprint density at radius 1 is 1.41 bits per heavy atom. The van der Waals surface area contributed by atoms with Crippen molar-refractivity contribution in [3.63, 3.8) is 0 Å². The van der Waals surface area contributed by atoms with E-state index in [0.717, 1.165) is 0 Å². The summed E-state index contributed by atoms with van der Waals surface area (Å²) in [6.07, 6.45) is 1.55. The number of nitrogens with one attached hydrogen (secondary N) is 1. The first-order valence-electron chi connectivity index (χ1n) is 5.23. The number of aliphatic carboxylic acids is 1. The monoisotopic (exact) mass is 235 g/mol. The molecule has 0 aliphatic carbocycles. The van der Waals surface area contributed by atoms with Gasteiger partial charge in [0.25, 0.3) is 5.91 Å². The van der Waals surface area contributed by atoms with E-state index in [1.165, 1.54) is 0 Å². The second-order valence-electron chi connectivity index (χ2n) is 5.02. The van der Waals surface area contributed by atoms with Crippen molar-refractivity contribution in [3.8, 4) is 0 Å². The molecule has 6 nitrogen and oxygen atoms in total. The van der Waals surface area contributed by atoms with Gasteiger partial charge in [-0.2, -0.15) is 0 Å². The third-order valence-corrected chi connectivity index (χ3v) is 2.66. The summed E-state index contributed by atoms with van der Waals surface area (Å²) in [5.74, 6) is -1.17. The Hall–Kier alpha value is -1.98. The van der Waals surface area contributed by atoms with Crippen LogP contribution < -0.4 is 5.32 Å². The molecule has 2 rings (SSSR count). The number of rotatable bonds is 1. The van der Waals surface area contributed by atoms with Gasteiger partial charge in [0.1, 0.15) is 6.04 Å². The van der Waals surface area contributed by atoms with E-state index in [-0.39, 0.29) is 11.2 Å². The third kappa shape index (κ3) is 1.86. The average Bonchev–Trinajstić information content (AvgIpc) is 2.58. The topological polar surface area (TPSA) is 91.1 Å². The zero-order chi connectivity index (χ0) is 12.8. The highest BCUT2D eigenvalue weighted by molar-refractivity contribution is 6.01. The number of hydrogen-bond donors (Lipinski definition) is 2. The molecule has 0 radical (unpaired) electrons. The van der Waals surface area contributed by atoms with Gasteiger partial charge in [0.15, 0.2) is 5.82 Å². The molecule has 2 aliphatic rings. The maximum Gasteiger partial charge on any atom is 0.330 e. The molecule has 90 valence electrons. The van der Waals surface area contributed by atoms with E-state index in [4.69, 9.17) is 5.11 Å². The third-order valence-electron chi connectivity index (χ3n) is 2.66. The second kappa shape index (κ2) is 3.51. The van der Waals surface area contributed by atoms with Crippen molar-refractivity contribution in [2.75, 3.05) is 0 Å². The van der Waals surface area contributed by atoms with Crippen molar-refractivity contribution in [3.05, 3.63) is 23.0 Å². The van der Waals surface area contributed by atoms with Crippen LogP contribution >= 0.6 is 0 Å². The molecule has 0 spiro atoms. The molecular weight excluding hydrogens is 222 g/mol. The Labute approximate surface area is 98.1 Å². The Balaban J connectivity index is 2.51. The van der Waals surface area contributed by atoms with Gasteiger partial charge < -0.3 is 10.4 Å². The van der Waals surface area contributed by atoms with Gasteiger partial charge in [-0.1, -0.05) is 20.8 Å². The van der Waals surface area contributed by atoms with Crippen LogP contribution in [0, 0.1) is 5.41 Å². The zero-order valence-electron chi connectivity index (χ0n) is 9.81. The van der Waals surface area contributed by atoms with E-state index in [9.17, 15) is 9.59 Å². The Bertz CT molecular complexity index is 495. The Kier molecular flexibility index (Phi) is 2.38. The number of dihydropyridines is 1. The maximum atomic E-state index is 11.6. The van der Waals surface area contributed by atoms with Crippen LogP contribution in [0.3, 0.4) is 0 Å². The minimum atomic E-state index is -1.01. The number of carboxylic acids is 1. The molecule has 1 amide bonds. The van der Waals surface area contributed by atoms with E-state index in [0.29, 0.717) is 11.1 Å². The van der Waals surface area contributed by atoms with Crippen molar-refractivity contribution >= 4 is 11.9 Å². The smallest absolute Gasteiger partial charge is 0.330 e. The Morgan fingerprint density at radius 2 is 2.06 bits per heavy atom. The molecule has 0 fully saturated rings. The molecule has 2 aliphatic heterocycles. The van der Waals surface area contributed by atoms with Crippen LogP contribution in [0.25, 0.3) is 0 Å². The summed E-state index contributed by atoms with van der Waals surface area (Å²) in [6, 6.07) is -0.868. The van der Waals surface area contributed by atoms with Crippen LogP contribution in [0.4, 0.5) is 0 Å². The molecule has 0 aromatic rings. The highest BCUT2D eigenvalue weighted by atomic mass is 16.4. The summed E-state index contributed by atoms with van der Waals surface area (Å²) < 4.78 is 0. The molecule has 2 N–H and O–H groups in total. The molecule has 0 saturated carbocycles. The lowest BCUT2D eigenvalue weighted by Crippen LogP contribution is -2.39. The molecule has 1 unspecified atom stereocenters. The molecule has 0 saturated heterocycles. The largest absolute Gasteiger partial charge is 0.479 e.